The molecule has 142 valence electrons. The number of aryl methyl sites for hydroxylation is 1. The highest BCUT2D eigenvalue weighted by atomic mass is 32.2. The Morgan fingerprint density at radius 3 is 2.50 bits per heavy atom. The van der Waals surface area contributed by atoms with Gasteiger partial charge in [-0.25, -0.2) is 13.4 Å². The van der Waals surface area contributed by atoms with Crippen molar-refractivity contribution in [2.45, 2.75) is 18.0 Å². The maximum atomic E-state index is 13.1. The molecule has 3 aromatic rings. The first-order valence-corrected chi connectivity index (χ1v) is 10.1. The van der Waals surface area contributed by atoms with E-state index in [9.17, 15) is 13.2 Å². The van der Waals surface area contributed by atoms with Crippen molar-refractivity contribution < 1.29 is 13.2 Å². The Bertz CT molecular complexity index is 1120. The third kappa shape index (κ3) is 3.35. The van der Waals surface area contributed by atoms with Crippen LogP contribution in [0.2, 0.25) is 0 Å². The first kappa shape index (κ1) is 18.1. The minimum atomic E-state index is -3.96. The van der Waals surface area contributed by atoms with Crippen LogP contribution in [0.1, 0.15) is 27.7 Å². The molecule has 1 aliphatic rings. The van der Waals surface area contributed by atoms with Gasteiger partial charge in [0.05, 0.1) is 10.5 Å². The summed E-state index contributed by atoms with van der Waals surface area (Å²) in [5.74, 6) is -0.445. The highest BCUT2D eigenvalue weighted by molar-refractivity contribution is 7.89. The first-order chi connectivity index (χ1) is 13.5. The molecule has 28 heavy (non-hydrogen) atoms. The van der Waals surface area contributed by atoms with E-state index in [2.05, 4.69) is 15.1 Å². The molecular weight excluding hydrogens is 376 g/mol. The van der Waals surface area contributed by atoms with Gasteiger partial charge in [-0.15, -0.1) is 4.83 Å². The van der Waals surface area contributed by atoms with E-state index in [-0.39, 0.29) is 4.90 Å². The maximum absolute atomic E-state index is 13.1. The van der Waals surface area contributed by atoms with Crippen LogP contribution in [0.15, 0.2) is 78.0 Å². The molecule has 0 aliphatic carbocycles. The number of carbonyl (C=O) groups is 1. The number of fused-ring (bicyclic) bond motifs is 1. The van der Waals surface area contributed by atoms with E-state index < -0.39 is 22.1 Å². The van der Waals surface area contributed by atoms with Crippen molar-refractivity contribution >= 4 is 21.6 Å². The van der Waals surface area contributed by atoms with E-state index in [1.807, 2.05) is 13.0 Å². The average molecular weight is 394 g/mol. The number of hydrazine groups is 1. The van der Waals surface area contributed by atoms with E-state index in [1.165, 1.54) is 12.1 Å². The topological polar surface area (TPSA) is 91.4 Å². The van der Waals surface area contributed by atoms with Crippen molar-refractivity contribution in [3.8, 4) is 0 Å². The lowest BCUT2D eigenvalue weighted by Crippen LogP contribution is -2.52. The van der Waals surface area contributed by atoms with E-state index in [1.54, 1.807) is 54.9 Å². The lowest BCUT2D eigenvalue weighted by Gasteiger charge is -2.37. The Labute approximate surface area is 163 Å². The number of benzene rings is 2. The quantitative estimate of drug-likeness (QED) is 0.710. The van der Waals surface area contributed by atoms with Gasteiger partial charge in [-0.3, -0.25) is 9.78 Å². The molecule has 2 N–H and O–H groups in total. The molecule has 1 aliphatic heterocycles. The average Bonchev–Trinajstić information content (AvgIpc) is 2.71. The van der Waals surface area contributed by atoms with Crippen LogP contribution in [0.4, 0.5) is 5.69 Å². The number of rotatable bonds is 4. The number of hydrogen-bond acceptors (Lipinski definition) is 5. The van der Waals surface area contributed by atoms with Crippen LogP contribution in [0.25, 0.3) is 0 Å². The first-order valence-electron chi connectivity index (χ1n) is 8.64. The van der Waals surface area contributed by atoms with Crippen LogP contribution in [-0.2, 0) is 10.0 Å². The lowest BCUT2D eigenvalue weighted by atomic mass is 10.1. The number of carbonyl (C=O) groups excluding carboxylic acids is 1. The third-order valence-electron chi connectivity index (χ3n) is 4.48. The second-order valence-electron chi connectivity index (χ2n) is 6.46. The summed E-state index contributed by atoms with van der Waals surface area (Å²) < 4.78 is 25.8. The largest absolute Gasteiger partial charge is 0.360 e. The van der Waals surface area contributed by atoms with Crippen molar-refractivity contribution in [1.82, 2.24) is 14.8 Å². The molecule has 0 fully saturated rings. The van der Waals surface area contributed by atoms with Gasteiger partial charge in [-0.05, 0) is 37.3 Å². The smallest absolute Gasteiger partial charge is 0.273 e. The summed E-state index contributed by atoms with van der Waals surface area (Å²) in [6.07, 6.45) is 2.46. The van der Waals surface area contributed by atoms with Crippen LogP contribution < -0.4 is 10.1 Å². The monoisotopic (exact) mass is 394 g/mol. The number of anilines is 1. The lowest BCUT2D eigenvalue weighted by molar-refractivity contribution is 0.0632. The molecule has 0 radical (unpaired) electrons. The van der Waals surface area contributed by atoms with Gasteiger partial charge < -0.3 is 5.32 Å². The summed E-state index contributed by atoms with van der Waals surface area (Å²) in [4.78, 5) is 19.7. The van der Waals surface area contributed by atoms with E-state index in [0.717, 1.165) is 10.6 Å². The van der Waals surface area contributed by atoms with Gasteiger partial charge in [0, 0.05) is 23.6 Å². The van der Waals surface area contributed by atoms with Crippen LogP contribution >= 0.6 is 0 Å². The van der Waals surface area contributed by atoms with Crippen LogP contribution in [-0.4, -0.2) is 24.3 Å². The predicted molar refractivity (Wildman–Crippen MR) is 105 cm³/mol. The fourth-order valence-electron chi connectivity index (χ4n) is 3.02. The number of aromatic nitrogens is 1. The third-order valence-corrected chi connectivity index (χ3v) is 5.81. The molecule has 0 saturated heterocycles. The van der Waals surface area contributed by atoms with E-state index in [0.29, 0.717) is 16.8 Å². The van der Waals surface area contributed by atoms with Gasteiger partial charge in [0.2, 0.25) is 0 Å². The molecule has 0 unspecified atom stereocenters. The molecule has 4 rings (SSSR count). The summed E-state index contributed by atoms with van der Waals surface area (Å²) in [5, 5.41) is 4.31. The second kappa shape index (κ2) is 7.06. The Kier molecular flexibility index (Phi) is 4.58. The van der Waals surface area contributed by atoms with Crippen molar-refractivity contribution in [2.75, 3.05) is 5.32 Å². The zero-order valence-corrected chi connectivity index (χ0v) is 15.8. The summed E-state index contributed by atoms with van der Waals surface area (Å²) in [6.45, 7) is 1.87. The normalized spacial score (nSPS) is 16.4. The predicted octanol–water partition coefficient (Wildman–Crippen LogP) is 2.85. The van der Waals surface area contributed by atoms with Crippen molar-refractivity contribution in [2.24, 2.45) is 0 Å². The molecule has 7 nitrogen and oxygen atoms in total. The second-order valence-corrected chi connectivity index (χ2v) is 8.12. The molecule has 0 spiro atoms. The highest BCUT2D eigenvalue weighted by Crippen LogP contribution is 2.32. The number of pyridine rings is 1. The van der Waals surface area contributed by atoms with Crippen molar-refractivity contribution in [3.63, 3.8) is 0 Å². The minimum Gasteiger partial charge on any atom is -0.360 e. The standard InChI is InChI=1S/C20H18N4O3S/c1-14-8-10-16(11-9-14)28(26,27)23-24-19(15-5-4-12-21-13-15)22-18-7-3-2-6-17(18)20(24)25/h2-13,19,22-23H,1H3/t19-/m0/s1. The molecule has 1 aromatic heterocycles. The van der Waals surface area contributed by atoms with Crippen molar-refractivity contribution in [3.05, 3.63) is 89.7 Å². The molecule has 0 bridgehead atoms. The summed E-state index contributed by atoms with van der Waals surface area (Å²) in [6, 6.07) is 16.9. The highest BCUT2D eigenvalue weighted by Gasteiger charge is 2.36. The minimum absolute atomic E-state index is 0.0784. The fourth-order valence-corrected chi connectivity index (χ4v) is 4.07. The summed E-state index contributed by atoms with van der Waals surface area (Å²) in [7, 11) is -3.96. The van der Waals surface area contributed by atoms with Crippen molar-refractivity contribution in [1.29, 1.82) is 0 Å². The molecule has 0 saturated carbocycles. The Hall–Kier alpha value is -3.23. The Morgan fingerprint density at radius 1 is 1.04 bits per heavy atom. The SMILES string of the molecule is Cc1ccc(S(=O)(=O)NN2C(=O)c3ccccc3N[C@@H]2c2cccnc2)cc1. The van der Waals surface area contributed by atoms with Crippen LogP contribution in [0, 0.1) is 6.92 Å². The van der Waals surface area contributed by atoms with Gasteiger partial charge in [-0.1, -0.05) is 35.9 Å². The number of amides is 1. The fraction of sp³-hybridized carbons (Fsp3) is 0.100. The zero-order chi connectivity index (χ0) is 19.7. The summed E-state index contributed by atoms with van der Waals surface area (Å²) in [5.41, 5.74) is 2.61. The molecule has 8 heteroatoms. The number of sulfonamides is 1. The zero-order valence-electron chi connectivity index (χ0n) is 15.0. The number of para-hydroxylation sites is 1. The Balaban J connectivity index is 1.75. The van der Waals surface area contributed by atoms with Gasteiger partial charge in [-0.2, -0.15) is 0 Å². The Morgan fingerprint density at radius 2 is 1.79 bits per heavy atom. The van der Waals surface area contributed by atoms with E-state index >= 15 is 0 Å². The number of hydrogen-bond donors (Lipinski definition) is 2. The number of nitrogens with zero attached hydrogens (tertiary/aromatic N) is 2. The maximum Gasteiger partial charge on any atom is 0.273 e. The van der Waals surface area contributed by atoms with Gasteiger partial charge >= 0.3 is 0 Å². The molecule has 1 atom stereocenters. The summed E-state index contributed by atoms with van der Waals surface area (Å²) >= 11 is 0. The van der Waals surface area contributed by atoms with E-state index in [4.69, 9.17) is 0 Å². The molecule has 2 heterocycles. The van der Waals surface area contributed by atoms with Gasteiger partial charge in [0.25, 0.3) is 15.9 Å². The van der Waals surface area contributed by atoms with Gasteiger partial charge in [0.1, 0.15) is 6.17 Å². The van der Waals surface area contributed by atoms with Crippen LogP contribution in [0.5, 0.6) is 0 Å². The molecular formula is C20H18N4O3S. The molecule has 2 aromatic carbocycles. The number of nitrogens with one attached hydrogen (secondary N) is 2. The molecule has 1 amide bonds. The van der Waals surface area contributed by atoms with Gasteiger partial charge in [0.15, 0.2) is 0 Å². The van der Waals surface area contributed by atoms with Crippen LogP contribution in [0.3, 0.4) is 0 Å².